The number of carbonyl (C=O) groups excluding carboxylic acids is 1. The molecule has 0 fully saturated rings. The maximum atomic E-state index is 13.3. The number of carbonyl (C=O) groups is 1. The summed E-state index contributed by atoms with van der Waals surface area (Å²) in [5, 5.41) is 12.5. The first kappa shape index (κ1) is 16.4. The average Bonchev–Trinajstić information content (AvgIpc) is 2.25. The van der Waals surface area contributed by atoms with Crippen LogP contribution in [0.25, 0.3) is 0 Å². The standard InChI is InChI=1S/C14H19F2NO3/c1-13(2,14(3,4)19)17-12(18)8-20-11-6-5-9(15)7-10(11)16/h5-7,19H,8H2,1-4H3,(H,17,18). The number of aliphatic hydroxyl groups is 1. The Morgan fingerprint density at radius 3 is 2.40 bits per heavy atom. The molecule has 0 spiro atoms. The van der Waals surface area contributed by atoms with Crippen molar-refractivity contribution in [3.63, 3.8) is 0 Å². The molecule has 112 valence electrons. The van der Waals surface area contributed by atoms with Gasteiger partial charge in [-0.15, -0.1) is 0 Å². The van der Waals surface area contributed by atoms with Gasteiger partial charge in [0.15, 0.2) is 18.2 Å². The summed E-state index contributed by atoms with van der Waals surface area (Å²) >= 11 is 0. The van der Waals surface area contributed by atoms with E-state index in [1.54, 1.807) is 27.7 Å². The van der Waals surface area contributed by atoms with Gasteiger partial charge in [-0.25, -0.2) is 8.78 Å². The van der Waals surface area contributed by atoms with Crippen LogP contribution in [-0.2, 0) is 4.79 Å². The maximum absolute atomic E-state index is 13.3. The fraction of sp³-hybridized carbons (Fsp3) is 0.500. The van der Waals surface area contributed by atoms with E-state index >= 15 is 0 Å². The van der Waals surface area contributed by atoms with Crippen LogP contribution in [0.2, 0.25) is 0 Å². The molecule has 2 N–H and O–H groups in total. The van der Waals surface area contributed by atoms with Crippen molar-refractivity contribution < 1.29 is 23.4 Å². The number of nitrogens with one attached hydrogen (secondary N) is 1. The lowest BCUT2D eigenvalue weighted by atomic mass is 9.86. The molecule has 0 atom stereocenters. The molecule has 1 aromatic carbocycles. The molecule has 6 heteroatoms. The summed E-state index contributed by atoms with van der Waals surface area (Å²) in [5.74, 6) is -2.31. The number of rotatable bonds is 5. The highest BCUT2D eigenvalue weighted by Crippen LogP contribution is 2.21. The Kier molecular flexibility index (Phi) is 4.70. The van der Waals surface area contributed by atoms with E-state index in [1.807, 2.05) is 0 Å². The fourth-order valence-corrected chi connectivity index (χ4v) is 1.27. The van der Waals surface area contributed by atoms with Gasteiger partial charge >= 0.3 is 0 Å². The lowest BCUT2D eigenvalue weighted by molar-refractivity contribution is -0.128. The quantitative estimate of drug-likeness (QED) is 0.871. The van der Waals surface area contributed by atoms with Crippen LogP contribution >= 0.6 is 0 Å². The minimum Gasteiger partial charge on any atom is -0.481 e. The van der Waals surface area contributed by atoms with Gasteiger partial charge in [-0.05, 0) is 39.8 Å². The Labute approximate surface area is 116 Å². The van der Waals surface area contributed by atoms with Gasteiger partial charge in [-0.2, -0.15) is 0 Å². The smallest absolute Gasteiger partial charge is 0.258 e. The average molecular weight is 287 g/mol. The van der Waals surface area contributed by atoms with Gasteiger partial charge in [-0.3, -0.25) is 4.79 Å². The van der Waals surface area contributed by atoms with Crippen molar-refractivity contribution in [2.45, 2.75) is 38.8 Å². The van der Waals surface area contributed by atoms with E-state index in [0.29, 0.717) is 6.07 Å². The first-order chi connectivity index (χ1) is 9.03. The summed E-state index contributed by atoms with van der Waals surface area (Å²) in [4.78, 5) is 11.7. The number of amides is 1. The van der Waals surface area contributed by atoms with Crippen molar-refractivity contribution in [2.24, 2.45) is 0 Å². The molecule has 0 saturated heterocycles. The molecule has 0 heterocycles. The van der Waals surface area contributed by atoms with Crippen molar-refractivity contribution in [3.05, 3.63) is 29.8 Å². The fourth-order valence-electron chi connectivity index (χ4n) is 1.27. The van der Waals surface area contributed by atoms with Crippen molar-refractivity contribution >= 4 is 5.91 Å². The third-order valence-electron chi connectivity index (χ3n) is 3.23. The maximum Gasteiger partial charge on any atom is 0.258 e. The van der Waals surface area contributed by atoms with E-state index in [0.717, 1.165) is 12.1 Å². The third-order valence-corrected chi connectivity index (χ3v) is 3.23. The molecule has 0 aliphatic rings. The Morgan fingerprint density at radius 2 is 1.90 bits per heavy atom. The van der Waals surface area contributed by atoms with Crippen LogP contribution in [-0.4, -0.2) is 28.8 Å². The monoisotopic (exact) mass is 287 g/mol. The van der Waals surface area contributed by atoms with E-state index in [1.165, 1.54) is 0 Å². The van der Waals surface area contributed by atoms with Gasteiger partial charge in [0, 0.05) is 6.07 Å². The summed E-state index contributed by atoms with van der Waals surface area (Å²) in [7, 11) is 0. The lowest BCUT2D eigenvalue weighted by Crippen LogP contribution is -2.58. The Bertz CT molecular complexity index is 496. The zero-order chi connectivity index (χ0) is 15.6. The number of hydrogen-bond acceptors (Lipinski definition) is 3. The molecular weight excluding hydrogens is 268 g/mol. The van der Waals surface area contributed by atoms with E-state index in [2.05, 4.69) is 5.32 Å². The molecule has 20 heavy (non-hydrogen) atoms. The van der Waals surface area contributed by atoms with Crippen LogP contribution < -0.4 is 10.1 Å². The van der Waals surface area contributed by atoms with Crippen LogP contribution in [0.5, 0.6) is 5.75 Å². The van der Waals surface area contributed by atoms with E-state index < -0.39 is 35.3 Å². The molecule has 0 bridgehead atoms. The van der Waals surface area contributed by atoms with Crippen LogP contribution in [0.1, 0.15) is 27.7 Å². The van der Waals surface area contributed by atoms with Crippen molar-refractivity contribution in [1.29, 1.82) is 0 Å². The molecule has 1 amide bonds. The van der Waals surface area contributed by atoms with E-state index in [-0.39, 0.29) is 5.75 Å². The molecule has 0 radical (unpaired) electrons. The zero-order valence-electron chi connectivity index (χ0n) is 12.0. The summed E-state index contributed by atoms with van der Waals surface area (Å²) in [6.45, 7) is 6.01. The molecule has 0 aliphatic carbocycles. The van der Waals surface area contributed by atoms with Crippen LogP contribution in [0.3, 0.4) is 0 Å². The minimum absolute atomic E-state index is 0.206. The number of halogens is 2. The molecule has 1 aromatic rings. The molecule has 0 unspecified atom stereocenters. The molecule has 0 aliphatic heterocycles. The summed E-state index contributed by atoms with van der Waals surface area (Å²) in [5.41, 5.74) is -2.02. The Balaban J connectivity index is 2.60. The molecule has 4 nitrogen and oxygen atoms in total. The summed E-state index contributed by atoms with van der Waals surface area (Å²) in [6, 6.07) is 2.82. The van der Waals surface area contributed by atoms with E-state index in [9.17, 15) is 18.7 Å². The molecule has 1 rings (SSSR count). The van der Waals surface area contributed by atoms with Crippen LogP contribution in [0.15, 0.2) is 18.2 Å². The van der Waals surface area contributed by atoms with Gasteiger partial charge in [0.1, 0.15) is 5.82 Å². The van der Waals surface area contributed by atoms with Gasteiger partial charge in [0.05, 0.1) is 11.1 Å². The number of benzene rings is 1. The largest absolute Gasteiger partial charge is 0.481 e. The normalized spacial score (nSPS) is 12.2. The highest BCUT2D eigenvalue weighted by Gasteiger charge is 2.36. The number of ether oxygens (including phenoxy) is 1. The van der Waals surface area contributed by atoms with Crippen molar-refractivity contribution in [3.8, 4) is 5.75 Å². The first-order valence-electron chi connectivity index (χ1n) is 6.14. The van der Waals surface area contributed by atoms with Gasteiger partial charge in [0.2, 0.25) is 0 Å². The predicted octanol–water partition coefficient (Wildman–Crippen LogP) is 2.01. The minimum atomic E-state index is -1.14. The predicted molar refractivity (Wildman–Crippen MR) is 70.4 cm³/mol. The van der Waals surface area contributed by atoms with E-state index in [4.69, 9.17) is 4.74 Å². The molecule has 0 aromatic heterocycles. The molecule has 0 saturated carbocycles. The first-order valence-corrected chi connectivity index (χ1v) is 6.14. The Hall–Kier alpha value is -1.69. The van der Waals surface area contributed by atoms with Crippen LogP contribution in [0, 0.1) is 11.6 Å². The molecular formula is C14H19F2NO3. The van der Waals surface area contributed by atoms with Crippen molar-refractivity contribution in [1.82, 2.24) is 5.32 Å². The van der Waals surface area contributed by atoms with Crippen LogP contribution in [0.4, 0.5) is 8.78 Å². The van der Waals surface area contributed by atoms with Gasteiger partial charge in [-0.1, -0.05) is 0 Å². The Morgan fingerprint density at radius 1 is 1.30 bits per heavy atom. The topological polar surface area (TPSA) is 58.6 Å². The second kappa shape index (κ2) is 5.75. The summed E-state index contributed by atoms with van der Waals surface area (Å²) in [6.07, 6.45) is 0. The second-order valence-corrected chi connectivity index (χ2v) is 5.60. The highest BCUT2D eigenvalue weighted by molar-refractivity contribution is 5.78. The third kappa shape index (κ3) is 4.16. The van der Waals surface area contributed by atoms with Gasteiger partial charge < -0.3 is 15.2 Å². The zero-order valence-corrected chi connectivity index (χ0v) is 12.0. The summed E-state index contributed by atoms with van der Waals surface area (Å²) < 4.78 is 31.0. The lowest BCUT2D eigenvalue weighted by Gasteiger charge is -2.37. The highest BCUT2D eigenvalue weighted by atomic mass is 19.1. The second-order valence-electron chi connectivity index (χ2n) is 5.60. The SMILES string of the molecule is CC(C)(O)C(C)(C)NC(=O)COc1ccc(F)cc1F. The number of hydrogen-bond donors (Lipinski definition) is 2. The van der Waals surface area contributed by atoms with Gasteiger partial charge in [0.25, 0.3) is 5.91 Å². The van der Waals surface area contributed by atoms with Crippen molar-refractivity contribution in [2.75, 3.05) is 6.61 Å².